The molecular formula is C20H19IN5O4-. The van der Waals surface area contributed by atoms with Crippen molar-refractivity contribution in [3.8, 4) is 17.5 Å². The van der Waals surface area contributed by atoms with E-state index in [0.29, 0.717) is 21.0 Å². The van der Waals surface area contributed by atoms with Gasteiger partial charge in [-0.25, -0.2) is 0 Å². The molecule has 10 heteroatoms. The molecule has 0 saturated carbocycles. The molecule has 0 unspecified atom stereocenters. The van der Waals surface area contributed by atoms with Crippen LogP contribution in [-0.2, 0) is 0 Å². The fourth-order valence-electron chi connectivity index (χ4n) is 2.82. The summed E-state index contributed by atoms with van der Waals surface area (Å²) in [5.41, 5.74) is 0.449. The van der Waals surface area contributed by atoms with E-state index in [-0.39, 0.29) is 11.7 Å². The summed E-state index contributed by atoms with van der Waals surface area (Å²) >= 11 is -0.676. The van der Waals surface area contributed by atoms with Gasteiger partial charge in [0.1, 0.15) is 0 Å². The minimum atomic E-state index is -0.826. The third-order valence-corrected chi connectivity index (χ3v) is 5.92. The van der Waals surface area contributed by atoms with Gasteiger partial charge < -0.3 is 0 Å². The van der Waals surface area contributed by atoms with Crippen molar-refractivity contribution in [1.82, 2.24) is 14.8 Å². The standard InChI is InChI=1S/C20H19IN5O4/c1-10(2)16-15(27)5-6-21-19(23-16)30-17-11(3)7-13(8-12(17)4)26-20(29)24-18(28)14(9-22)25-26/h5-8,10,27H,1-4H3,(H,24,28,29)/q-1. The predicted octanol–water partition coefficient (Wildman–Crippen LogP) is -0.814. The Hall–Kier alpha value is -3.20. The number of aromatic amines is 1. The first kappa shape index (κ1) is 21.5. The summed E-state index contributed by atoms with van der Waals surface area (Å²) in [4.78, 5) is 30.3. The first-order chi connectivity index (χ1) is 14.2. The van der Waals surface area contributed by atoms with Crippen molar-refractivity contribution in [1.29, 1.82) is 5.26 Å². The van der Waals surface area contributed by atoms with Gasteiger partial charge >= 0.3 is 182 Å². The number of halogens is 1. The molecule has 30 heavy (non-hydrogen) atoms. The maximum absolute atomic E-state index is 12.2. The molecule has 0 spiro atoms. The molecule has 2 N–H and O–H groups in total. The summed E-state index contributed by atoms with van der Waals surface area (Å²) in [5.74, 6) is 0.768. The normalized spacial score (nSPS) is 14.1. The number of aryl methyl sites for hydroxylation is 2. The Morgan fingerprint density at radius 3 is 2.53 bits per heavy atom. The average Bonchev–Trinajstić information content (AvgIpc) is 2.86. The SMILES string of the molecule is Cc1cc(-n2nc(C#N)c(=O)[nH]c2=O)cc(C)c1OC1=NC(C(C)C)=C(O)C=C[I-]1. The fraction of sp³-hybridized carbons (Fsp3) is 0.250. The molecule has 2 aromatic rings. The average molecular weight is 520 g/mol. The fourth-order valence-corrected chi connectivity index (χ4v) is 4.39. The molecular weight excluding hydrogens is 501 g/mol. The summed E-state index contributed by atoms with van der Waals surface area (Å²) in [6.45, 7) is 7.52. The second kappa shape index (κ2) is 8.66. The van der Waals surface area contributed by atoms with Crippen LogP contribution >= 0.6 is 0 Å². The molecule has 3 rings (SSSR count). The van der Waals surface area contributed by atoms with E-state index in [1.165, 1.54) is 0 Å². The van der Waals surface area contributed by atoms with Crippen LogP contribution in [0.25, 0.3) is 5.69 Å². The van der Waals surface area contributed by atoms with Crippen molar-refractivity contribution >= 4 is 3.90 Å². The molecule has 0 radical (unpaired) electrons. The summed E-state index contributed by atoms with van der Waals surface area (Å²) in [6.07, 6.45) is 1.66. The van der Waals surface area contributed by atoms with E-state index in [4.69, 9.17) is 10.00 Å². The van der Waals surface area contributed by atoms with E-state index in [0.717, 1.165) is 15.8 Å². The van der Waals surface area contributed by atoms with Crippen molar-refractivity contribution < 1.29 is 31.0 Å². The zero-order valence-corrected chi connectivity index (χ0v) is 18.9. The van der Waals surface area contributed by atoms with E-state index in [2.05, 4.69) is 15.1 Å². The molecule has 0 aliphatic carbocycles. The van der Waals surface area contributed by atoms with Crippen molar-refractivity contribution in [2.24, 2.45) is 10.9 Å². The predicted molar refractivity (Wildman–Crippen MR) is 106 cm³/mol. The van der Waals surface area contributed by atoms with Gasteiger partial charge in [-0.1, -0.05) is 0 Å². The third-order valence-electron chi connectivity index (χ3n) is 4.20. The van der Waals surface area contributed by atoms with Crippen molar-refractivity contribution in [3.63, 3.8) is 0 Å². The topological polar surface area (TPSA) is 133 Å². The molecule has 156 valence electrons. The van der Waals surface area contributed by atoms with Crippen LogP contribution in [0.1, 0.15) is 30.7 Å². The Kier molecular flexibility index (Phi) is 6.21. The number of allylic oxidation sites excluding steroid dienone is 2. The Morgan fingerprint density at radius 1 is 1.27 bits per heavy atom. The molecule has 0 fully saturated rings. The zero-order chi connectivity index (χ0) is 22.0. The quantitative estimate of drug-likeness (QED) is 0.509. The summed E-state index contributed by atoms with van der Waals surface area (Å²) in [6, 6.07) is 5.03. The van der Waals surface area contributed by atoms with Gasteiger partial charge in [-0.05, 0) is 0 Å². The van der Waals surface area contributed by atoms with E-state index in [1.54, 1.807) is 24.3 Å². The van der Waals surface area contributed by atoms with Crippen molar-refractivity contribution in [2.75, 3.05) is 0 Å². The number of hydrogen-bond acceptors (Lipinski definition) is 7. The molecule has 1 aromatic heterocycles. The number of H-pyrrole nitrogens is 1. The van der Waals surface area contributed by atoms with E-state index < -0.39 is 38.1 Å². The summed E-state index contributed by atoms with van der Waals surface area (Å²) in [7, 11) is 0. The van der Waals surface area contributed by atoms with Crippen molar-refractivity contribution in [2.45, 2.75) is 27.7 Å². The Bertz CT molecular complexity index is 1240. The van der Waals surface area contributed by atoms with E-state index in [9.17, 15) is 14.7 Å². The van der Waals surface area contributed by atoms with Crippen LogP contribution in [-0.4, -0.2) is 23.8 Å². The van der Waals surface area contributed by atoms with Crippen LogP contribution in [0.15, 0.2) is 48.3 Å². The van der Waals surface area contributed by atoms with Gasteiger partial charge in [0, 0.05) is 0 Å². The van der Waals surface area contributed by atoms with Crippen LogP contribution in [0.5, 0.6) is 5.75 Å². The van der Waals surface area contributed by atoms with Crippen LogP contribution < -0.4 is 37.2 Å². The molecule has 2 heterocycles. The monoisotopic (exact) mass is 520 g/mol. The van der Waals surface area contributed by atoms with Gasteiger partial charge in [-0.3, -0.25) is 0 Å². The molecule has 0 bridgehead atoms. The molecule has 0 saturated heterocycles. The summed E-state index contributed by atoms with van der Waals surface area (Å²) < 4.78 is 9.50. The molecule has 0 atom stereocenters. The zero-order valence-electron chi connectivity index (χ0n) is 16.7. The van der Waals surface area contributed by atoms with Crippen LogP contribution in [0, 0.1) is 31.1 Å². The number of aromatic nitrogens is 3. The number of nitrogens with one attached hydrogen (secondary N) is 1. The van der Waals surface area contributed by atoms with E-state index >= 15 is 0 Å². The Morgan fingerprint density at radius 2 is 1.93 bits per heavy atom. The number of ether oxygens (including phenoxy) is 1. The number of benzene rings is 1. The third kappa shape index (κ3) is 4.35. The van der Waals surface area contributed by atoms with Gasteiger partial charge in [-0.15, -0.1) is 0 Å². The number of rotatable bonds is 3. The van der Waals surface area contributed by atoms with Gasteiger partial charge in [0.15, 0.2) is 0 Å². The van der Waals surface area contributed by atoms with Crippen molar-refractivity contribution in [3.05, 3.63) is 71.4 Å². The van der Waals surface area contributed by atoms with Gasteiger partial charge in [0.2, 0.25) is 0 Å². The number of aliphatic hydroxyl groups is 1. The van der Waals surface area contributed by atoms with Crippen LogP contribution in [0.2, 0.25) is 0 Å². The van der Waals surface area contributed by atoms with E-state index in [1.807, 2.05) is 31.8 Å². The molecule has 1 aromatic carbocycles. The first-order valence-electron chi connectivity index (χ1n) is 8.96. The molecule has 1 aliphatic rings. The molecule has 9 nitrogen and oxygen atoms in total. The minimum absolute atomic E-state index is 0.0347. The Labute approximate surface area is 182 Å². The maximum atomic E-state index is 12.2. The van der Waals surface area contributed by atoms with Gasteiger partial charge in [-0.2, -0.15) is 0 Å². The Balaban J connectivity index is 2.02. The number of hydrogen-bond donors (Lipinski definition) is 2. The first-order valence-corrected chi connectivity index (χ1v) is 11.3. The molecule has 1 aliphatic heterocycles. The number of aliphatic hydroxyl groups excluding tert-OH is 1. The second-order valence-corrected chi connectivity index (χ2v) is 9.10. The van der Waals surface area contributed by atoms with Crippen LogP contribution in [0.3, 0.4) is 0 Å². The number of aliphatic imine (C=N–C) groups is 1. The summed E-state index contributed by atoms with van der Waals surface area (Å²) in [5, 5.41) is 23.0. The number of nitriles is 1. The second-order valence-electron chi connectivity index (χ2n) is 6.83. The van der Waals surface area contributed by atoms with Crippen LogP contribution in [0.4, 0.5) is 0 Å². The van der Waals surface area contributed by atoms with Gasteiger partial charge in [0.25, 0.3) is 0 Å². The number of nitrogens with zero attached hydrogens (tertiary/aromatic N) is 4. The molecule has 0 amide bonds. The van der Waals surface area contributed by atoms with Gasteiger partial charge in [0.05, 0.1) is 0 Å².